The van der Waals surface area contributed by atoms with Crippen molar-refractivity contribution in [3.05, 3.63) is 89.0 Å². The third kappa shape index (κ3) is 6.15. The van der Waals surface area contributed by atoms with Crippen molar-refractivity contribution in [3.8, 4) is 0 Å². The Kier molecular flexibility index (Phi) is 7.60. The molecule has 2 aliphatic rings. The minimum Gasteiger partial charge on any atom is -0.462 e. The maximum absolute atomic E-state index is 13.8. The molecule has 1 aromatic carbocycles. The van der Waals surface area contributed by atoms with Gasteiger partial charge in [0.2, 0.25) is 0 Å². The number of rotatable bonds is 6. The van der Waals surface area contributed by atoms with E-state index in [9.17, 15) is 14.0 Å². The predicted molar refractivity (Wildman–Crippen MR) is 134 cm³/mol. The van der Waals surface area contributed by atoms with Gasteiger partial charge in [-0.05, 0) is 74.9 Å². The number of nitrogens with zero attached hydrogens (tertiary/aromatic N) is 3. The Bertz CT molecular complexity index is 1160. The Morgan fingerprint density at radius 1 is 1.00 bits per heavy atom. The molecule has 1 N–H and O–H groups in total. The van der Waals surface area contributed by atoms with E-state index in [4.69, 9.17) is 4.74 Å². The third-order valence-corrected chi connectivity index (χ3v) is 5.93. The quantitative estimate of drug-likeness (QED) is 0.623. The molecule has 0 radical (unpaired) electrons. The van der Waals surface area contributed by atoms with Crippen LogP contribution in [0.2, 0.25) is 0 Å². The van der Waals surface area contributed by atoms with E-state index in [1.54, 1.807) is 37.4 Å². The van der Waals surface area contributed by atoms with E-state index in [0.29, 0.717) is 29.9 Å². The Morgan fingerprint density at radius 3 is 2.34 bits per heavy atom. The van der Waals surface area contributed by atoms with Crippen molar-refractivity contribution in [2.24, 2.45) is 0 Å². The summed E-state index contributed by atoms with van der Waals surface area (Å²) in [7, 11) is 0. The Hall–Kier alpha value is -3.94. The molecule has 1 aliphatic carbocycles. The van der Waals surface area contributed by atoms with E-state index < -0.39 is 0 Å². The predicted octanol–water partition coefficient (Wildman–Crippen LogP) is 4.40. The highest BCUT2D eigenvalue weighted by molar-refractivity contribution is 5.95. The summed E-state index contributed by atoms with van der Waals surface area (Å²) in [5, 5.41) is 2.75. The first-order chi connectivity index (χ1) is 16.9. The van der Waals surface area contributed by atoms with E-state index in [-0.39, 0.29) is 17.7 Å². The first-order valence-corrected chi connectivity index (χ1v) is 11.7. The average Bonchev–Trinajstić information content (AvgIpc) is 3.03. The summed E-state index contributed by atoms with van der Waals surface area (Å²) in [5.74, 6) is -0.202. The molecule has 1 aromatic heterocycles. The molecular weight excluding hydrogens is 447 g/mol. The topological polar surface area (TPSA) is 74.8 Å². The van der Waals surface area contributed by atoms with Gasteiger partial charge < -0.3 is 19.9 Å². The maximum atomic E-state index is 13.8. The molecule has 2 heterocycles. The summed E-state index contributed by atoms with van der Waals surface area (Å²) in [4.78, 5) is 33.4. The molecule has 0 spiro atoms. The smallest absolute Gasteiger partial charge is 0.338 e. The number of hydrogen-bond acceptors (Lipinski definition) is 6. The van der Waals surface area contributed by atoms with Crippen LogP contribution in [0.5, 0.6) is 0 Å². The van der Waals surface area contributed by atoms with E-state index in [1.807, 2.05) is 25.1 Å². The van der Waals surface area contributed by atoms with Crippen LogP contribution in [0.1, 0.15) is 41.0 Å². The molecule has 35 heavy (non-hydrogen) atoms. The van der Waals surface area contributed by atoms with Crippen LogP contribution < -0.4 is 15.1 Å². The molecule has 0 bridgehead atoms. The van der Waals surface area contributed by atoms with E-state index in [1.165, 1.54) is 12.2 Å². The van der Waals surface area contributed by atoms with Crippen LogP contribution in [-0.2, 0) is 4.74 Å². The molecule has 1 aliphatic heterocycles. The van der Waals surface area contributed by atoms with E-state index in [2.05, 4.69) is 20.1 Å². The van der Waals surface area contributed by atoms with Crippen molar-refractivity contribution < 1.29 is 18.7 Å². The number of benzene rings is 1. The van der Waals surface area contributed by atoms with Crippen LogP contribution in [0.15, 0.2) is 77.9 Å². The number of carbonyl (C=O) groups is 2. The highest BCUT2D eigenvalue weighted by Crippen LogP contribution is 2.21. The number of hydrogen-bond donors (Lipinski definition) is 1. The number of nitrogens with one attached hydrogen (secondary N) is 1. The summed E-state index contributed by atoms with van der Waals surface area (Å²) < 4.78 is 18.8. The monoisotopic (exact) mass is 476 g/mol. The third-order valence-electron chi connectivity index (χ3n) is 5.93. The fraction of sp³-hybridized carbons (Fsp3) is 0.296. The average molecular weight is 477 g/mol. The number of esters is 1. The normalized spacial score (nSPS) is 16.0. The van der Waals surface area contributed by atoms with Crippen LogP contribution >= 0.6 is 0 Å². The highest BCUT2D eigenvalue weighted by Gasteiger charge is 2.19. The maximum Gasteiger partial charge on any atom is 0.338 e. The number of allylic oxidation sites excluding steroid dienone is 5. The largest absolute Gasteiger partial charge is 0.462 e. The summed E-state index contributed by atoms with van der Waals surface area (Å²) >= 11 is 0. The minimum absolute atomic E-state index is 0.311. The summed E-state index contributed by atoms with van der Waals surface area (Å²) in [6, 6.07) is 11.0. The number of carbonyl (C=O) groups excluding carboxylic acids is 2. The van der Waals surface area contributed by atoms with Crippen molar-refractivity contribution in [2.45, 2.75) is 20.3 Å². The standard InChI is InChI=1S/C27H29FN4O3/c1-3-35-27(34)20-5-9-24(10-6-20)31-12-14-32(15-13-31)25-11-7-21(18-29-25)26(33)30-23-16-19(2)4-8-22(28)17-23/h5-11,16-18H,3-4,12-15H2,1-2H3,(H,30,33). The zero-order chi connectivity index (χ0) is 24.8. The lowest BCUT2D eigenvalue weighted by atomic mass is 10.1. The second-order valence-corrected chi connectivity index (χ2v) is 8.48. The van der Waals surface area contributed by atoms with Gasteiger partial charge in [-0.3, -0.25) is 4.79 Å². The SMILES string of the molecule is CCOC(=O)c1ccc(N2CCN(c3ccc(C(=O)NC4=CC(F)=CCC(C)=C4)cn3)CC2)cc1. The van der Waals surface area contributed by atoms with Crippen LogP contribution in [-0.4, -0.2) is 49.6 Å². The first-order valence-electron chi connectivity index (χ1n) is 11.7. The number of ether oxygens (including phenoxy) is 1. The summed E-state index contributed by atoms with van der Waals surface area (Å²) in [6.07, 6.45) is 6.64. The van der Waals surface area contributed by atoms with Crippen LogP contribution in [0.3, 0.4) is 0 Å². The molecule has 7 nitrogen and oxygen atoms in total. The lowest BCUT2D eigenvalue weighted by Gasteiger charge is -2.36. The molecule has 0 atom stereocenters. The van der Waals surface area contributed by atoms with Crippen molar-refractivity contribution in [1.29, 1.82) is 0 Å². The molecular formula is C27H29FN4O3. The minimum atomic E-state index is -0.365. The number of amides is 1. The molecule has 0 unspecified atom stereocenters. The second-order valence-electron chi connectivity index (χ2n) is 8.48. The van der Waals surface area contributed by atoms with Gasteiger partial charge in [0.25, 0.3) is 5.91 Å². The zero-order valence-electron chi connectivity index (χ0n) is 20.0. The first kappa shape index (κ1) is 24.2. The van der Waals surface area contributed by atoms with Gasteiger partial charge in [0.1, 0.15) is 11.6 Å². The van der Waals surface area contributed by atoms with Gasteiger partial charge in [0.05, 0.1) is 17.7 Å². The lowest BCUT2D eigenvalue weighted by molar-refractivity contribution is 0.0526. The van der Waals surface area contributed by atoms with Crippen LogP contribution in [0.4, 0.5) is 15.9 Å². The van der Waals surface area contributed by atoms with Gasteiger partial charge >= 0.3 is 5.97 Å². The van der Waals surface area contributed by atoms with Gasteiger partial charge in [-0.1, -0.05) is 5.57 Å². The number of pyridine rings is 1. The molecule has 182 valence electrons. The lowest BCUT2D eigenvalue weighted by Crippen LogP contribution is -2.46. The molecule has 1 fully saturated rings. The fourth-order valence-electron chi connectivity index (χ4n) is 4.03. The van der Waals surface area contributed by atoms with E-state index >= 15 is 0 Å². The Morgan fingerprint density at radius 2 is 1.69 bits per heavy atom. The van der Waals surface area contributed by atoms with Crippen LogP contribution in [0.25, 0.3) is 0 Å². The highest BCUT2D eigenvalue weighted by atomic mass is 19.1. The zero-order valence-corrected chi connectivity index (χ0v) is 20.0. The van der Waals surface area contributed by atoms with E-state index in [0.717, 1.165) is 43.3 Å². The second kappa shape index (κ2) is 11.0. The van der Waals surface area contributed by atoms with Crippen LogP contribution in [0, 0.1) is 0 Å². The Balaban J connectivity index is 1.33. The number of anilines is 2. The van der Waals surface area contributed by atoms with Crippen molar-refractivity contribution in [2.75, 3.05) is 42.6 Å². The molecule has 8 heteroatoms. The summed E-state index contributed by atoms with van der Waals surface area (Å²) in [5.41, 5.74) is 3.40. The molecule has 0 saturated carbocycles. The fourth-order valence-corrected chi connectivity index (χ4v) is 4.03. The van der Waals surface area contributed by atoms with Crippen molar-refractivity contribution >= 4 is 23.4 Å². The molecule has 1 saturated heterocycles. The van der Waals surface area contributed by atoms with Crippen molar-refractivity contribution in [3.63, 3.8) is 0 Å². The number of aromatic nitrogens is 1. The van der Waals surface area contributed by atoms with Crippen molar-refractivity contribution in [1.82, 2.24) is 10.3 Å². The number of piperazine rings is 1. The molecule has 4 rings (SSSR count). The molecule has 1 amide bonds. The van der Waals surface area contributed by atoms with Gasteiger partial charge in [-0.15, -0.1) is 0 Å². The summed E-state index contributed by atoms with van der Waals surface area (Å²) in [6.45, 7) is 7.21. The van der Waals surface area contributed by atoms with Gasteiger partial charge in [-0.25, -0.2) is 14.2 Å². The van der Waals surface area contributed by atoms with Gasteiger partial charge in [0, 0.05) is 43.8 Å². The van der Waals surface area contributed by atoms with Gasteiger partial charge in [0.15, 0.2) is 0 Å². The number of halogens is 1. The molecule has 2 aromatic rings. The Labute approximate surface area is 204 Å². The van der Waals surface area contributed by atoms with Gasteiger partial charge in [-0.2, -0.15) is 0 Å².